The van der Waals surface area contributed by atoms with E-state index >= 15 is 0 Å². The number of carbonyl (C=O) groups excluding carboxylic acids is 2. The maximum atomic E-state index is 12.2. The number of anilines is 1. The fourth-order valence-corrected chi connectivity index (χ4v) is 3.45. The van der Waals surface area contributed by atoms with Crippen LogP contribution in [0.3, 0.4) is 0 Å². The summed E-state index contributed by atoms with van der Waals surface area (Å²) >= 11 is 1.40. The van der Waals surface area contributed by atoms with Gasteiger partial charge in [-0.05, 0) is 38.9 Å². The van der Waals surface area contributed by atoms with Crippen molar-refractivity contribution in [2.24, 2.45) is 0 Å². The van der Waals surface area contributed by atoms with Gasteiger partial charge in [-0.15, -0.1) is 11.3 Å². The molecule has 0 aromatic carbocycles. The van der Waals surface area contributed by atoms with Crippen LogP contribution in [-0.2, 0) is 9.53 Å². The molecular weight excluding hydrogens is 288 g/mol. The zero-order chi connectivity index (χ0) is 15.2. The topological polar surface area (TPSA) is 58.6 Å². The predicted molar refractivity (Wildman–Crippen MR) is 83.9 cm³/mol. The highest BCUT2D eigenvalue weighted by molar-refractivity contribution is 7.16. The molecule has 0 atom stereocenters. The monoisotopic (exact) mass is 310 g/mol. The summed E-state index contributed by atoms with van der Waals surface area (Å²) in [5.74, 6) is -0.478. The van der Waals surface area contributed by atoms with Gasteiger partial charge in [0.25, 0.3) is 0 Å². The molecule has 0 radical (unpaired) electrons. The van der Waals surface area contributed by atoms with Crippen molar-refractivity contribution in [1.29, 1.82) is 0 Å². The van der Waals surface area contributed by atoms with Gasteiger partial charge in [-0.2, -0.15) is 0 Å². The molecule has 5 nitrogen and oxygen atoms in total. The molecule has 0 bridgehead atoms. The van der Waals surface area contributed by atoms with E-state index in [0.717, 1.165) is 30.8 Å². The molecule has 1 aromatic heterocycles. The number of methoxy groups -OCH3 is 1. The lowest BCUT2D eigenvalue weighted by Crippen LogP contribution is -2.34. The molecule has 2 heterocycles. The number of nitrogens with one attached hydrogen (secondary N) is 1. The third kappa shape index (κ3) is 4.54. The van der Waals surface area contributed by atoms with E-state index in [1.165, 1.54) is 31.3 Å². The Balaban J connectivity index is 1.97. The molecule has 0 aliphatic carbocycles. The van der Waals surface area contributed by atoms with Crippen molar-refractivity contribution in [3.8, 4) is 0 Å². The normalized spacial score (nSPS) is 16.3. The molecule has 116 valence electrons. The van der Waals surface area contributed by atoms with E-state index in [2.05, 4.69) is 10.2 Å². The Bertz CT molecular complexity index is 505. The lowest BCUT2D eigenvalue weighted by Gasteiger charge is -2.18. The Morgan fingerprint density at radius 1 is 1.29 bits per heavy atom. The van der Waals surface area contributed by atoms with Gasteiger partial charge in [0.1, 0.15) is 5.00 Å². The number of thiophene rings is 1. The fraction of sp³-hybridized carbons (Fsp3) is 0.600. The summed E-state index contributed by atoms with van der Waals surface area (Å²) in [4.78, 5) is 27.0. The maximum Gasteiger partial charge on any atom is 0.340 e. The van der Waals surface area contributed by atoms with Gasteiger partial charge in [0, 0.05) is 4.88 Å². The van der Waals surface area contributed by atoms with Crippen molar-refractivity contribution in [2.75, 3.05) is 32.1 Å². The Hall–Kier alpha value is -1.40. The second kappa shape index (κ2) is 7.56. The summed E-state index contributed by atoms with van der Waals surface area (Å²) in [6.07, 6.45) is 4.79. The minimum Gasteiger partial charge on any atom is -0.465 e. The van der Waals surface area contributed by atoms with Gasteiger partial charge in [-0.3, -0.25) is 9.69 Å². The van der Waals surface area contributed by atoms with E-state index in [-0.39, 0.29) is 5.91 Å². The number of esters is 1. The van der Waals surface area contributed by atoms with Crippen LogP contribution in [0.5, 0.6) is 0 Å². The van der Waals surface area contributed by atoms with Crippen LogP contribution in [-0.4, -0.2) is 43.5 Å². The van der Waals surface area contributed by atoms with Crippen LogP contribution in [0.25, 0.3) is 0 Å². The smallest absolute Gasteiger partial charge is 0.340 e. The molecular formula is C15H22N2O3S. The number of carbonyl (C=O) groups is 2. The molecule has 1 aliphatic rings. The largest absolute Gasteiger partial charge is 0.465 e. The molecule has 1 N–H and O–H groups in total. The molecule has 21 heavy (non-hydrogen) atoms. The fourth-order valence-electron chi connectivity index (χ4n) is 2.53. The molecule has 1 saturated heterocycles. The van der Waals surface area contributed by atoms with Crippen LogP contribution >= 0.6 is 11.3 Å². The van der Waals surface area contributed by atoms with Crippen molar-refractivity contribution < 1.29 is 14.3 Å². The highest BCUT2D eigenvalue weighted by atomic mass is 32.1. The molecule has 1 aromatic rings. The van der Waals surface area contributed by atoms with Crippen LogP contribution in [0.15, 0.2) is 6.07 Å². The maximum absolute atomic E-state index is 12.2. The van der Waals surface area contributed by atoms with Crippen LogP contribution in [0.4, 0.5) is 5.00 Å². The van der Waals surface area contributed by atoms with Gasteiger partial charge >= 0.3 is 5.97 Å². The third-order valence-corrected chi connectivity index (χ3v) is 4.55. The quantitative estimate of drug-likeness (QED) is 0.869. The number of hydrogen-bond donors (Lipinski definition) is 1. The van der Waals surface area contributed by atoms with Gasteiger partial charge < -0.3 is 10.1 Å². The number of nitrogens with zero attached hydrogens (tertiary/aromatic N) is 1. The van der Waals surface area contributed by atoms with Crippen molar-refractivity contribution in [1.82, 2.24) is 4.90 Å². The third-order valence-electron chi connectivity index (χ3n) is 3.58. The summed E-state index contributed by atoms with van der Waals surface area (Å²) in [6.45, 7) is 4.24. The Kier molecular flexibility index (Phi) is 5.76. The molecule has 0 saturated carbocycles. The lowest BCUT2D eigenvalue weighted by atomic mass is 10.2. The molecule has 0 spiro atoms. The van der Waals surface area contributed by atoms with Crippen molar-refractivity contribution in [3.05, 3.63) is 16.5 Å². The van der Waals surface area contributed by atoms with Gasteiger partial charge in [0.15, 0.2) is 0 Å². The molecule has 1 amide bonds. The lowest BCUT2D eigenvalue weighted by molar-refractivity contribution is -0.117. The van der Waals surface area contributed by atoms with E-state index in [9.17, 15) is 9.59 Å². The number of aryl methyl sites for hydroxylation is 1. The SMILES string of the molecule is COC(=O)c1cc(C)sc1NC(=O)CN1CCCCCC1. The minimum absolute atomic E-state index is 0.0658. The zero-order valence-corrected chi connectivity index (χ0v) is 13.4. The summed E-state index contributed by atoms with van der Waals surface area (Å²) < 4.78 is 4.74. The number of hydrogen-bond acceptors (Lipinski definition) is 5. The standard InChI is InChI=1S/C15H22N2O3S/c1-11-9-12(15(19)20-2)14(21-11)16-13(18)10-17-7-5-3-4-6-8-17/h9H,3-8,10H2,1-2H3,(H,16,18). The molecule has 2 rings (SSSR count). The van der Waals surface area contributed by atoms with Crippen molar-refractivity contribution in [3.63, 3.8) is 0 Å². The number of rotatable bonds is 4. The van der Waals surface area contributed by atoms with Gasteiger partial charge in [0.2, 0.25) is 5.91 Å². The van der Waals surface area contributed by atoms with E-state index < -0.39 is 5.97 Å². The number of ether oxygens (including phenoxy) is 1. The number of amides is 1. The second-order valence-electron chi connectivity index (χ2n) is 5.33. The average molecular weight is 310 g/mol. The molecule has 1 fully saturated rings. The highest BCUT2D eigenvalue weighted by Crippen LogP contribution is 2.28. The van der Waals surface area contributed by atoms with Crippen LogP contribution in [0, 0.1) is 6.92 Å². The highest BCUT2D eigenvalue weighted by Gasteiger charge is 2.19. The molecule has 0 unspecified atom stereocenters. The van der Waals surface area contributed by atoms with Crippen molar-refractivity contribution >= 4 is 28.2 Å². The molecule has 6 heteroatoms. The van der Waals surface area contributed by atoms with Gasteiger partial charge in [0.05, 0.1) is 19.2 Å². The predicted octanol–water partition coefficient (Wildman–Crippen LogP) is 2.66. The van der Waals surface area contributed by atoms with Crippen LogP contribution in [0.2, 0.25) is 0 Å². The van der Waals surface area contributed by atoms with Crippen molar-refractivity contribution in [2.45, 2.75) is 32.6 Å². The first-order chi connectivity index (χ1) is 10.1. The first-order valence-electron chi connectivity index (χ1n) is 7.31. The van der Waals surface area contributed by atoms with E-state index in [1.54, 1.807) is 6.07 Å². The van der Waals surface area contributed by atoms with E-state index in [1.807, 2.05) is 6.92 Å². The average Bonchev–Trinajstić information content (AvgIpc) is 2.65. The first-order valence-corrected chi connectivity index (χ1v) is 8.12. The zero-order valence-electron chi connectivity index (χ0n) is 12.6. The minimum atomic E-state index is -0.413. The summed E-state index contributed by atoms with van der Waals surface area (Å²) in [5.41, 5.74) is 0.434. The van der Waals surface area contributed by atoms with E-state index in [0.29, 0.717) is 17.1 Å². The Labute approximate surface area is 129 Å². The Morgan fingerprint density at radius 3 is 2.57 bits per heavy atom. The number of likely N-dealkylation sites (tertiary alicyclic amines) is 1. The summed E-state index contributed by atoms with van der Waals surface area (Å²) in [6, 6.07) is 1.75. The van der Waals surface area contributed by atoms with Gasteiger partial charge in [-0.25, -0.2) is 4.79 Å². The second-order valence-corrected chi connectivity index (χ2v) is 6.59. The van der Waals surface area contributed by atoms with Crippen LogP contribution < -0.4 is 5.32 Å². The summed E-state index contributed by atoms with van der Waals surface area (Å²) in [5, 5.41) is 3.43. The summed E-state index contributed by atoms with van der Waals surface area (Å²) in [7, 11) is 1.35. The van der Waals surface area contributed by atoms with Gasteiger partial charge in [-0.1, -0.05) is 12.8 Å². The Morgan fingerprint density at radius 2 is 1.95 bits per heavy atom. The molecule has 1 aliphatic heterocycles. The van der Waals surface area contributed by atoms with Crippen LogP contribution in [0.1, 0.15) is 40.9 Å². The van der Waals surface area contributed by atoms with E-state index in [4.69, 9.17) is 4.74 Å². The first kappa shape index (κ1) is 16.0.